The molecule has 6 nitrogen and oxygen atoms in total. The standard InChI is InChI=1S/C17H29N5O/c1-18-17(19-10-16(23)13-9-20-22(2)11-13)21-15-8-14(15)12-6-4-3-5-7-12/h9,11-12,14-16,23H,3-8,10H2,1-2H3,(H2,18,19,21). The largest absolute Gasteiger partial charge is 0.386 e. The number of guanidine groups is 1. The van der Waals surface area contributed by atoms with Crippen LogP contribution in [-0.2, 0) is 7.05 Å². The van der Waals surface area contributed by atoms with E-state index >= 15 is 0 Å². The van der Waals surface area contributed by atoms with Gasteiger partial charge in [0.2, 0.25) is 0 Å². The summed E-state index contributed by atoms with van der Waals surface area (Å²) in [5, 5.41) is 21.0. The van der Waals surface area contributed by atoms with E-state index in [1.54, 1.807) is 17.9 Å². The number of aryl methyl sites for hydroxylation is 1. The third-order valence-electron chi connectivity index (χ3n) is 5.21. The summed E-state index contributed by atoms with van der Waals surface area (Å²) in [4.78, 5) is 4.28. The highest BCUT2D eigenvalue weighted by Crippen LogP contribution is 2.44. The lowest BCUT2D eigenvalue weighted by atomic mass is 9.85. The van der Waals surface area contributed by atoms with Gasteiger partial charge in [0.1, 0.15) is 0 Å². The van der Waals surface area contributed by atoms with E-state index < -0.39 is 6.10 Å². The van der Waals surface area contributed by atoms with Crippen LogP contribution in [0.25, 0.3) is 0 Å². The van der Waals surface area contributed by atoms with Crippen molar-refractivity contribution in [2.24, 2.45) is 23.9 Å². The third kappa shape index (κ3) is 4.25. The monoisotopic (exact) mass is 319 g/mol. The van der Waals surface area contributed by atoms with Crippen molar-refractivity contribution in [1.29, 1.82) is 0 Å². The molecule has 3 atom stereocenters. The van der Waals surface area contributed by atoms with Gasteiger partial charge in [-0.3, -0.25) is 9.67 Å². The van der Waals surface area contributed by atoms with Crippen molar-refractivity contribution in [1.82, 2.24) is 20.4 Å². The number of rotatable bonds is 5. The maximum atomic E-state index is 10.2. The minimum absolute atomic E-state index is 0.437. The smallest absolute Gasteiger partial charge is 0.191 e. The average Bonchev–Trinajstić information content (AvgIpc) is 3.22. The van der Waals surface area contributed by atoms with Crippen LogP contribution in [0.15, 0.2) is 17.4 Å². The predicted molar refractivity (Wildman–Crippen MR) is 91.1 cm³/mol. The molecule has 6 heteroatoms. The van der Waals surface area contributed by atoms with Gasteiger partial charge in [-0.05, 0) is 18.3 Å². The van der Waals surface area contributed by atoms with Crippen molar-refractivity contribution in [3.63, 3.8) is 0 Å². The summed E-state index contributed by atoms with van der Waals surface area (Å²) in [6, 6.07) is 0.555. The first-order chi connectivity index (χ1) is 11.2. The predicted octanol–water partition coefficient (Wildman–Crippen LogP) is 1.59. The quantitative estimate of drug-likeness (QED) is 0.569. The Labute approximate surface area is 138 Å². The molecule has 1 heterocycles. The van der Waals surface area contributed by atoms with Crippen molar-refractivity contribution >= 4 is 5.96 Å². The molecule has 2 aliphatic rings. The molecule has 0 radical (unpaired) electrons. The highest BCUT2D eigenvalue weighted by atomic mass is 16.3. The van der Waals surface area contributed by atoms with Crippen LogP contribution in [0, 0.1) is 11.8 Å². The van der Waals surface area contributed by atoms with Crippen LogP contribution in [0.5, 0.6) is 0 Å². The van der Waals surface area contributed by atoms with E-state index in [2.05, 4.69) is 20.7 Å². The Hall–Kier alpha value is -1.56. The van der Waals surface area contributed by atoms with E-state index in [4.69, 9.17) is 0 Å². The first-order valence-electron chi connectivity index (χ1n) is 8.81. The summed E-state index contributed by atoms with van der Waals surface area (Å²) in [6.07, 6.45) is 11.2. The molecule has 1 aromatic rings. The van der Waals surface area contributed by atoms with Crippen molar-refractivity contribution in [2.75, 3.05) is 13.6 Å². The molecule has 0 saturated heterocycles. The highest BCUT2D eigenvalue weighted by Gasteiger charge is 2.43. The van der Waals surface area contributed by atoms with Crippen molar-refractivity contribution in [2.45, 2.75) is 50.7 Å². The number of aliphatic imine (C=N–C) groups is 1. The molecule has 2 aliphatic carbocycles. The number of hydrogen-bond acceptors (Lipinski definition) is 3. The second kappa shape index (κ2) is 7.34. The van der Waals surface area contributed by atoms with E-state index in [9.17, 15) is 5.11 Å². The number of nitrogens with zero attached hydrogens (tertiary/aromatic N) is 3. The molecule has 23 heavy (non-hydrogen) atoms. The van der Waals surface area contributed by atoms with E-state index in [-0.39, 0.29) is 0 Å². The third-order valence-corrected chi connectivity index (χ3v) is 5.21. The zero-order valence-electron chi connectivity index (χ0n) is 14.2. The molecule has 0 amide bonds. The van der Waals surface area contributed by atoms with Gasteiger partial charge in [-0.15, -0.1) is 0 Å². The van der Waals surface area contributed by atoms with Crippen LogP contribution >= 0.6 is 0 Å². The average molecular weight is 319 g/mol. The van der Waals surface area contributed by atoms with Crippen LogP contribution in [0.4, 0.5) is 0 Å². The zero-order chi connectivity index (χ0) is 16.2. The molecule has 0 aliphatic heterocycles. The molecule has 0 aromatic carbocycles. The van der Waals surface area contributed by atoms with E-state index in [0.29, 0.717) is 12.6 Å². The number of aromatic nitrogens is 2. The maximum Gasteiger partial charge on any atom is 0.191 e. The maximum absolute atomic E-state index is 10.2. The number of nitrogens with one attached hydrogen (secondary N) is 2. The Balaban J connectivity index is 1.42. The van der Waals surface area contributed by atoms with E-state index in [0.717, 1.165) is 23.4 Å². The van der Waals surface area contributed by atoms with Crippen LogP contribution in [0.2, 0.25) is 0 Å². The summed E-state index contributed by atoms with van der Waals surface area (Å²) in [7, 11) is 3.63. The Morgan fingerprint density at radius 2 is 2.22 bits per heavy atom. The first-order valence-corrected chi connectivity index (χ1v) is 8.81. The summed E-state index contributed by atoms with van der Waals surface area (Å²) < 4.78 is 1.70. The lowest BCUT2D eigenvalue weighted by molar-refractivity contribution is 0.180. The first kappa shape index (κ1) is 16.3. The van der Waals surface area contributed by atoms with Crippen molar-refractivity contribution < 1.29 is 5.11 Å². The van der Waals surface area contributed by atoms with Crippen LogP contribution in [-0.4, -0.2) is 40.5 Å². The van der Waals surface area contributed by atoms with E-state index in [1.165, 1.54) is 38.5 Å². The summed E-state index contributed by atoms with van der Waals surface area (Å²) in [5.41, 5.74) is 0.821. The van der Waals surface area contributed by atoms with Crippen molar-refractivity contribution in [3.05, 3.63) is 18.0 Å². The molecule has 2 fully saturated rings. The molecule has 128 valence electrons. The fraction of sp³-hybridized carbons (Fsp3) is 0.765. The summed E-state index contributed by atoms with van der Waals surface area (Å²) in [6.45, 7) is 0.437. The fourth-order valence-electron chi connectivity index (χ4n) is 3.76. The second-order valence-electron chi connectivity index (χ2n) is 6.96. The van der Waals surface area contributed by atoms with Crippen molar-refractivity contribution in [3.8, 4) is 0 Å². The van der Waals surface area contributed by atoms with Gasteiger partial charge in [0.15, 0.2) is 5.96 Å². The molecular formula is C17H29N5O. The van der Waals surface area contributed by atoms with Crippen LogP contribution in [0.3, 0.4) is 0 Å². The highest BCUT2D eigenvalue weighted by molar-refractivity contribution is 5.80. The zero-order valence-corrected chi connectivity index (χ0v) is 14.2. The second-order valence-corrected chi connectivity index (χ2v) is 6.96. The Kier molecular flexibility index (Phi) is 5.20. The summed E-state index contributed by atoms with van der Waals surface area (Å²) >= 11 is 0. The molecule has 2 saturated carbocycles. The Morgan fingerprint density at radius 1 is 1.43 bits per heavy atom. The van der Waals surface area contributed by atoms with Gasteiger partial charge < -0.3 is 15.7 Å². The van der Waals surface area contributed by atoms with Gasteiger partial charge in [0.05, 0.1) is 12.3 Å². The topological polar surface area (TPSA) is 74.5 Å². The summed E-state index contributed by atoms with van der Waals surface area (Å²) in [5.74, 6) is 2.51. The molecule has 0 spiro atoms. The minimum atomic E-state index is -0.574. The Bertz CT molecular complexity index is 535. The molecule has 1 aromatic heterocycles. The molecule has 3 unspecified atom stereocenters. The van der Waals surface area contributed by atoms with Gasteiger partial charge in [0, 0.05) is 38.4 Å². The van der Waals surface area contributed by atoms with Gasteiger partial charge in [-0.1, -0.05) is 32.1 Å². The fourth-order valence-corrected chi connectivity index (χ4v) is 3.76. The Morgan fingerprint density at radius 3 is 2.87 bits per heavy atom. The van der Waals surface area contributed by atoms with Gasteiger partial charge in [-0.25, -0.2) is 0 Å². The molecule has 3 N–H and O–H groups in total. The SMILES string of the molecule is CN=C(NCC(O)c1cnn(C)c1)NC1CC1C1CCCCC1. The number of aliphatic hydroxyl groups is 1. The lowest BCUT2D eigenvalue weighted by Gasteiger charge is -2.22. The lowest BCUT2D eigenvalue weighted by Crippen LogP contribution is -2.41. The molecule has 0 bridgehead atoms. The number of aliphatic hydroxyl groups excluding tert-OH is 1. The van der Waals surface area contributed by atoms with Crippen LogP contribution in [0.1, 0.15) is 50.2 Å². The minimum Gasteiger partial charge on any atom is -0.386 e. The van der Waals surface area contributed by atoms with Gasteiger partial charge in [-0.2, -0.15) is 5.10 Å². The van der Waals surface area contributed by atoms with Gasteiger partial charge in [0.25, 0.3) is 0 Å². The molecule has 3 rings (SSSR count). The molecular weight excluding hydrogens is 290 g/mol. The van der Waals surface area contributed by atoms with E-state index in [1.807, 2.05) is 13.2 Å². The normalized spacial score (nSPS) is 26.8. The van der Waals surface area contributed by atoms with Gasteiger partial charge >= 0.3 is 0 Å². The number of hydrogen-bond donors (Lipinski definition) is 3. The van der Waals surface area contributed by atoms with Crippen LogP contribution < -0.4 is 10.6 Å².